The van der Waals surface area contributed by atoms with Crippen LogP contribution in [-0.4, -0.2) is 20.6 Å². The maximum Gasteiger partial charge on any atom is 0.372 e. The fourth-order valence-electron chi connectivity index (χ4n) is 1.68. The Kier molecular flexibility index (Phi) is 2.00. The number of benzene rings is 1. The Morgan fingerprint density at radius 3 is 2.67 bits per heavy atom. The van der Waals surface area contributed by atoms with Gasteiger partial charge in [-0.05, 0) is 31.0 Å². The molecule has 0 saturated heterocycles. The van der Waals surface area contributed by atoms with Crippen LogP contribution in [0.1, 0.15) is 21.7 Å². The van der Waals surface area contributed by atoms with E-state index >= 15 is 0 Å². The molecule has 1 N–H and O–H groups in total. The van der Waals surface area contributed by atoms with E-state index in [0.29, 0.717) is 0 Å². The van der Waals surface area contributed by atoms with Gasteiger partial charge >= 0.3 is 5.97 Å². The standard InChI is InChI=1S/C11H12N2O2/c1-6-4-5-8-9(7(6)2)12-10(11(14)15)13(8)3/h4-5H,1-3H3,(H,14,15). The minimum absolute atomic E-state index is 0.0821. The summed E-state index contributed by atoms with van der Waals surface area (Å²) in [6, 6.07) is 3.88. The quantitative estimate of drug-likeness (QED) is 0.771. The van der Waals surface area contributed by atoms with Crippen LogP contribution in [0.2, 0.25) is 0 Å². The first-order chi connectivity index (χ1) is 7.02. The maximum atomic E-state index is 10.9. The summed E-state index contributed by atoms with van der Waals surface area (Å²) in [5.74, 6) is -0.913. The Morgan fingerprint density at radius 1 is 1.40 bits per heavy atom. The molecule has 1 aromatic carbocycles. The van der Waals surface area contributed by atoms with Crippen LogP contribution in [0.25, 0.3) is 11.0 Å². The Hall–Kier alpha value is -1.84. The van der Waals surface area contributed by atoms with E-state index in [2.05, 4.69) is 4.98 Å². The lowest BCUT2D eigenvalue weighted by Crippen LogP contribution is -2.05. The van der Waals surface area contributed by atoms with Crippen molar-refractivity contribution in [2.45, 2.75) is 13.8 Å². The Balaban J connectivity index is 2.88. The van der Waals surface area contributed by atoms with Gasteiger partial charge in [0.2, 0.25) is 5.82 Å². The van der Waals surface area contributed by atoms with Crippen LogP contribution in [-0.2, 0) is 7.05 Å². The highest BCUT2D eigenvalue weighted by molar-refractivity contribution is 5.91. The van der Waals surface area contributed by atoms with Crippen LogP contribution in [0.15, 0.2) is 12.1 Å². The average Bonchev–Trinajstić information content (AvgIpc) is 2.51. The third-order valence-electron chi connectivity index (χ3n) is 2.77. The fourth-order valence-corrected chi connectivity index (χ4v) is 1.68. The minimum atomic E-state index is -0.995. The number of fused-ring (bicyclic) bond motifs is 1. The van der Waals surface area contributed by atoms with E-state index in [0.717, 1.165) is 22.2 Å². The molecular weight excluding hydrogens is 192 g/mol. The number of hydrogen-bond acceptors (Lipinski definition) is 2. The number of hydrogen-bond donors (Lipinski definition) is 1. The highest BCUT2D eigenvalue weighted by atomic mass is 16.4. The van der Waals surface area contributed by atoms with E-state index in [-0.39, 0.29) is 5.82 Å². The van der Waals surface area contributed by atoms with E-state index in [1.54, 1.807) is 11.6 Å². The molecule has 4 nitrogen and oxygen atoms in total. The van der Waals surface area contributed by atoms with Gasteiger partial charge in [0.25, 0.3) is 0 Å². The van der Waals surface area contributed by atoms with E-state index in [1.807, 2.05) is 26.0 Å². The van der Waals surface area contributed by atoms with Gasteiger partial charge in [-0.2, -0.15) is 0 Å². The minimum Gasteiger partial charge on any atom is -0.475 e. The molecule has 0 amide bonds. The summed E-state index contributed by atoms with van der Waals surface area (Å²) in [6.07, 6.45) is 0. The first-order valence-corrected chi connectivity index (χ1v) is 4.68. The number of imidazole rings is 1. The SMILES string of the molecule is Cc1ccc2c(nc(C(=O)O)n2C)c1C. The summed E-state index contributed by atoms with van der Waals surface area (Å²) in [6.45, 7) is 3.94. The summed E-state index contributed by atoms with van der Waals surface area (Å²) in [4.78, 5) is 15.0. The highest BCUT2D eigenvalue weighted by Crippen LogP contribution is 2.21. The summed E-state index contributed by atoms with van der Waals surface area (Å²) < 4.78 is 1.60. The number of nitrogens with zero attached hydrogens (tertiary/aromatic N) is 2. The molecule has 0 aliphatic rings. The van der Waals surface area contributed by atoms with E-state index in [9.17, 15) is 4.79 Å². The summed E-state index contributed by atoms with van der Waals surface area (Å²) in [7, 11) is 1.72. The Labute approximate surface area is 87.2 Å². The molecule has 0 bridgehead atoms. The predicted octanol–water partition coefficient (Wildman–Crippen LogP) is 1.89. The van der Waals surface area contributed by atoms with Gasteiger partial charge in [0, 0.05) is 7.05 Å². The molecule has 0 aliphatic heterocycles. The van der Waals surface area contributed by atoms with Crippen molar-refractivity contribution in [3.63, 3.8) is 0 Å². The number of aryl methyl sites for hydroxylation is 3. The first-order valence-electron chi connectivity index (χ1n) is 4.68. The molecule has 1 heterocycles. The summed E-state index contributed by atoms with van der Waals surface area (Å²) in [5.41, 5.74) is 3.79. The maximum absolute atomic E-state index is 10.9. The van der Waals surface area contributed by atoms with Gasteiger partial charge < -0.3 is 9.67 Å². The number of carboxylic acids is 1. The Bertz CT molecular complexity index is 555. The second-order valence-electron chi connectivity index (χ2n) is 3.67. The second kappa shape index (κ2) is 3.08. The third-order valence-corrected chi connectivity index (χ3v) is 2.77. The van der Waals surface area contributed by atoms with Gasteiger partial charge in [-0.1, -0.05) is 6.07 Å². The van der Waals surface area contributed by atoms with Gasteiger partial charge in [-0.25, -0.2) is 9.78 Å². The van der Waals surface area contributed by atoms with Crippen molar-refractivity contribution in [1.82, 2.24) is 9.55 Å². The molecule has 2 aromatic rings. The number of aromatic carboxylic acids is 1. The van der Waals surface area contributed by atoms with Crippen LogP contribution < -0.4 is 0 Å². The number of carbonyl (C=O) groups is 1. The van der Waals surface area contributed by atoms with Crippen LogP contribution >= 0.6 is 0 Å². The van der Waals surface area contributed by atoms with Crippen molar-refractivity contribution in [1.29, 1.82) is 0 Å². The Morgan fingerprint density at radius 2 is 2.07 bits per heavy atom. The monoisotopic (exact) mass is 204 g/mol. The lowest BCUT2D eigenvalue weighted by atomic mass is 10.1. The molecule has 0 aliphatic carbocycles. The van der Waals surface area contributed by atoms with Crippen molar-refractivity contribution in [2.75, 3.05) is 0 Å². The molecule has 1 aromatic heterocycles. The smallest absolute Gasteiger partial charge is 0.372 e. The van der Waals surface area contributed by atoms with Gasteiger partial charge in [-0.15, -0.1) is 0 Å². The number of carboxylic acid groups (broad SMARTS) is 1. The largest absolute Gasteiger partial charge is 0.475 e. The highest BCUT2D eigenvalue weighted by Gasteiger charge is 2.15. The van der Waals surface area contributed by atoms with Crippen LogP contribution in [0.4, 0.5) is 0 Å². The van der Waals surface area contributed by atoms with Gasteiger partial charge in [0.15, 0.2) is 0 Å². The van der Waals surface area contributed by atoms with Crippen molar-refractivity contribution in [3.8, 4) is 0 Å². The normalized spacial score (nSPS) is 10.9. The molecule has 2 rings (SSSR count). The molecule has 0 unspecified atom stereocenters. The average molecular weight is 204 g/mol. The molecule has 78 valence electrons. The van der Waals surface area contributed by atoms with E-state index in [4.69, 9.17) is 5.11 Å². The molecule has 0 spiro atoms. The molecule has 0 fully saturated rings. The van der Waals surface area contributed by atoms with Crippen molar-refractivity contribution < 1.29 is 9.90 Å². The van der Waals surface area contributed by atoms with Gasteiger partial charge in [0.05, 0.1) is 11.0 Å². The summed E-state index contributed by atoms with van der Waals surface area (Å²) >= 11 is 0. The molecule has 0 radical (unpaired) electrons. The predicted molar refractivity (Wildman–Crippen MR) is 57.1 cm³/mol. The zero-order valence-corrected chi connectivity index (χ0v) is 8.90. The molecular formula is C11H12N2O2. The number of rotatable bonds is 1. The van der Waals surface area contributed by atoms with Crippen LogP contribution in [0, 0.1) is 13.8 Å². The van der Waals surface area contributed by atoms with Crippen molar-refractivity contribution in [2.24, 2.45) is 7.05 Å². The zero-order chi connectivity index (χ0) is 11.2. The van der Waals surface area contributed by atoms with E-state index in [1.165, 1.54) is 0 Å². The van der Waals surface area contributed by atoms with Gasteiger partial charge in [0.1, 0.15) is 0 Å². The third kappa shape index (κ3) is 1.29. The lowest BCUT2D eigenvalue weighted by Gasteiger charge is -2.00. The summed E-state index contributed by atoms with van der Waals surface area (Å²) in [5, 5.41) is 8.94. The van der Waals surface area contributed by atoms with Crippen LogP contribution in [0.5, 0.6) is 0 Å². The first kappa shape index (κ1) is 9.71. The molecule has 4 heteroatoms. The van der Waals surface area contributed by atoms with Crippen molar-refractivity contribution >= 4 is 17.0 Å². The fraction of sp³-hybridized carbons (Fsp3) is 0.273. The molecule has 15 heavy (non-hydrogen) atoms. The number of aromatic nitrogens is 2. The second-order valence-corrected chi connectivity index (χ2v) is 3.67. The molecule has 0 atom stereocenters. The van der Waals surface area contributed by atoms with E-state index < -0.39 is 5.97 Å². The van der Waals surface area contributed by atoms with Gasteiger partial charge in [-0.3, -0.25) is 0 Å². The zero-order valence-electron chi connectivity index (χ0n) is 8.90. The lowest BCUT2D eigenvalue weighted by molar-refractivity contribution is 0.0680. The van der Waals surface area contributed by atoms with Crippen molar-refractivity contribution in [3.05, 3.63) is 29.1 Å². The van der Waals surface area contributed by atoms with Crippen LogP contribution in [0.3, 0.4) is 0 Å². The molecule has 0 saturated carbocycles. The topological polar surface area (TPSA) is 55.1 Å².